The molecule has 3 N–H and O–H groups in total. The zero-order valence-corrected chi connectivity index (χ0v) is 11.6. The van der Waals surface area contributed by atoms with Gasteiger partial charge >= 0.3 is 0 Å². The molecule has 0 heterocycles. The Kier molecular flexibility index (Phi) is 7.42. The Labute approximate surface area is 109 Å². The molecule has 94 valence electrons. The maximum absolute atomic E-state index is 8.83. The van der Waals surface area contributed by atoms with Gasteiger partial charge in [-0.1, -0.05) is 24.9 Å². The minimum atomic E-state index is 0.0688. The summed E-state index contributed by atoms with van der Waals surface area (Å²) < 4.78 is 0. The van der Waals surface area contributed by atoms with E-state index in [1.54, 1.807) is 5.37 Å². The molecule has 0 amide bonds. The Morgan fingerprint density at radius 2 is 1.88 bits per heavy atom. The van der Waals surface area contributed by atoms with Gasteiger partial charge in [0.25, 0.3) is 0 Å². The van der Waals surface area contributed by atoms with E-state index in [-0.39, 0.29) is 6.61 Å². The van der Waals surface area contributed by atoms with Crippen LogP contribution >= 0.6 is 12.2 Å². The number of aliphatic hydroxyl groups is 1. The van der Waals surface area contributed by atoms with Crippen LogP contribution in [0.3, 0.4) is 0 Å². The summed E-state index contributed by atoms with van der Waals surface area (Å²) in [7, 11) is 0. The topological polar surface area (TPSA) is 46.2 Å². The SMILES string of the molecule is C=C(CCO)C(N)=C(C)C=C(C)C(C)=CC=S. The molecule has 0 atom stereocenters. The molecule has 17 heavy (non-hydrogen) atoms. The first-order chi connectivity index (χ1) is 7.93. The minimum absolute atomic E-state index is 0.0688. The van der Waals surface area contributed by atoms with Crippen LogP contribution in [-0.2, 0) is 0 Å². The number of hydrogen-bond donors (Lipinski definition) is 2. The van der Waals surface area contributed by atoms with Crippen molar-refractivity contribution in [2.45, 2.75) is 27.2 Å². The van der Waals surface area contributed by atoms with E-state index in [2.05, 4.69) is 6.58 Å². The highest BCUT2D eigenvalue weighted by molar-refractivity contribution is 7.79. The van der Waals surface area contributed by atoms with Crippen LogP contribution in [0.4, 0.5) is 0 Å². The number of rotatable bonds is 6. The molecule has 2 nitrogen and oxygen atoms in total. The lowest BCUT2D eigenvalue weighted by Gasteiger charge is -2.08. The zero-order valence-electron chi connectivity index (χ0n) is 10.8. The molecule has 0 bridgehead atoms. The van der Waals surface area contributed by atoms with E-state index < -0.39 is 0 Å². The maximum Gasteiger partial charge on any atom is 0.0472 e. The standard InChI is InChI=1S/C14H21NOS/c1-10(6-8-17)12(3)9-13(4)14(15)11(2)5-7-16/h6,8-9,16H,2,5,7,15H2,1,3-4H3. The van der Waals surface area contributed by atoms with Gasteiger partial charge in [0.1, 0.15) is 0 Å². The van der Waals surface area contributed by atoms with Gasteiger partial charge in [-0.15, -0.1) is 0 Å². The van der Waals surface area contributed by atoms with Gasteiger partial charge < -0.3 is 10.8 Å². The highest BCUT2D eigenvalue weighted by Gasteiger charge is 2.01. The number of nitrogens with two attached hydrogens (primary N) is 1. The van der Waals surface area contributed by atoms with Gasteiger partial charge in [-0.25, -0.2) is 0 Å². The average molecular weight is 251 g/mol. The lowest BCUT2D eigenvalue weighted by Crippen LogP contribution is -2.04. The molecule has 0 fully saturated rings. The molecule has 0 aliphatic heterocycles. The second-order valence-electron chi connectivity index (χ2n) is 3.99. The van der Waals surface area contributed by atoms with Gasteiger partial charge in [0, 0.05) is 17.7 Å². The molecule has 0 rings (SSSR count). The molecule has 3 heteroatoms. The van der Waals surface area contributed by atoms with Crippen LogP contribution in [0.5, 0.6) is 0 Å². The van der Waals surface area contributed by atoms with E-state index in [0.717, 1.165) is 22.3 Å². The summed E-state index contributed by atoms with van der Waals surface area (Å²) in [6, 6.07) is 0. The largest absolute Gasteiger partial charge is 0.398 e. The Bertz CT molecular complexity index is 389. The third-order valence-corrected chi connectivity index (χ3v) is 2.73. The molecule has 0 spiro atoms. The molecule has 0 aromatic rings. The average Bonchev–Trinajstić information content (AvgIpc) is 2.28. The van der Waals surface area contributed by atoms with Gasteiger partial charge in [0.2, 0.25) is 0 Å². The predicted molar refractivity (Wildman–Crippen MR) is 78.9 cm³/mol. The van der Waals surface area contributed by atoms with Gasteiger partial charge in [-0.3, -0.25) is 0 Å². The first-order valence-corrected chi connectivity index (χ1v) is 5.97. The number of allylic oxidation sites excluding steroid dienone is 6. The van der Waals surface area contributed by atoms with E-state index in [1.165, 1.54) is 0 Å². The molecular formula is C14H21NOS. The maximum atomic E-state index is 8.83. The van der Waals surface area contributed by atoms with Gasteiger partial charge in [0.15, 0.2) is 0 Å². The second-order valence-corrected chi connectivity index (χ2v) is 4.26. The first-order valence-electron chi connectivity index (χ1n) is 5.50. The Morgan fingerprint density at radius 1 is 1.29 bits per heavy atom. The molecular weight excluding hydrogens is 230 g/mol. The number of aliphatic hydroxyl groups excluding tert-OH is 1. The van der Waals surface area contributed by atoms with Crippen molar-refractivity contribution in [3.05, 3.63) is 46.7 Å². The van der Waals surface area contributed by atoms with Crippen LogP contribution in [-0.4, -0.2) is 17.1 Å². The molecule has 0 saturated heterocycles. The number of thiocarbonyl (C=S) groups is 1. The summed E-state index contributed by atoms with van der Waals surface area (Å²) in [4.78, 5) is 0. The summed E-state index contributed by atoms with van der Waals surface area (Å²) in [5.74, 6) is 0. The fourth-order valence-electron chi connectivity index (χ4n) is 1.30. The molecule has 0 radical (unpaired) electrons. The van der Waals surface area contributed by atoms with Crippen LogP contribution in [0, 0.1) is 0 Å². The van der Waals surface area contributed by atoms with E-state index >= 15 is 0 Å². The van der Waals surface area contributed by atoms with Crippen molar-refractivity contribution in [2.75, 3.05) is 6.61 Å². The molecule has 0 aromatic carbocycles. The van der Waals surface area contributed by atoms with Crippen LogP contribution in [0.25, 0.3) is 0 Å². The highest BCUT2D eigenvalue weighted by atomic mass is 32.1. The molecule has 0 aliphatic rings. The molecule has 0 saturated carbocycles. The van der Waals surface area contributed by atoms with Crippen molar-refractivity contribution in [3.63, 3.8) is 0 Å². The van der Waals surface area contributed by atoms with Crippen molar-refractivity contribution in [3.8, 4) is 0 Å². The van der Waals surface area contributed by atoms with Crippen molar-refractivity contribution >= 4 is 17.6 Å². The fourth-order valence-corrected chi connectivity index (χ4v) is 1.50. The lowest BCUT2D eigenvalue weighted by molar-refractivity contribution is 0.300. The van der Waals surface area contributed by atoms with Crippen LogP contribution in [0.2, 0.25) is 0 Å². The van der Waals surface area contributed by atoms with Gasteiger partial charge in [0.05, 0.1) is 0 Å². The smallest absolute Gasteiger partial charge is 0.0472 e. The summed E-state index contributed by atoms with van der Waals surface area (Å²) in [6.45, 7) is 9.86. The van der Waals surface area contributed by atoms with Crippen molar-refractivity contribution in [1.82, 2.24) is 0 Å². The van der Waals surface area contributed by atoms with E-state index in [4.69, 9.17) is 23.1 Å². The first kappa shape index (κ1) is 15.8. The van der Waals surface area contributed by atoms with E-state index in [1.807, 2.05) is 32.9 Å². The highest BCUT2D eigenvalue weighted by Crippen LogP contribution is 2.16. The van der Waals surface area contributed by atoms with Gasteiger partial charge in [-0.05, 0) is 55.6 Å². The Balaban J connectivity index is 5.05. The zero-order chi connectivity index (χ0) is 13.4. The summed E-state index contributed by atoms with van der Waals surface area (Å²) in [5, 5.41) is 10.4. The predicted octanol–water partition coefficient (Wildman–Crippen LogP) is 3.05. The van der Waals surface area contributed by atoms with Crippen molar-refractivity contribution < 1.29 is 5.11 Å². The summed E-state index contributed by atoms with van der Waals surface area (Å²) in [6.07, 6.45) is 4.39. The van der Waals surface area contributed by atoms with Crippen LogP contribution in [0.15, 0.2) is 46.7 Å². The molecule has 0 unspecified atom stereocenters. The fraction of sp³-hybridized carbons (Fsp3) is 0.357. The molecule has 0 aromatic heterocycles. The Hall–Kier alpha value is -1.19. The number of hydrogen-bond acceptors (Lipinski definition) is 3. The third-order valence-electron chi connectivity index (χ3n) is 2.59. The normalized spacial score (nSPS) is 14.4. The lowest BCUT2D eigenvalue weighted by atomic mass is 10.0. The second kappa shape index (κ2) is 7.98. The minimum Gasteiger partial charge on any atom is -0.398 e. The van der Waals surface area contributed by atoms with Crippen molar-refractivity contribution in [1.29, 1.82) is 0 Å². The van der Waals surface area contributed by atoms with E-state index in [0.29, 0.717) is 12.1 Å². The van der Waals surface area contributed by atoms with Crippen molar-refractivity contribution in [2.24, 2.45) is 5.73 Å². The third kappa shape index (κ3) is 5.61. The summed E-state index contributed by atoms with van der Waals surface area (Å²) >= 11 is 4.78. The van der Waals surface area contributed by atoms with Crippen LogP contribution < -0.4 is 5.73 Å². The molecule has 0 aliphatic carbocycles. The quantitative estimate of drug-likeness (QED) is 0.433. The monoisotopic (exact) mass is 251 g/mol. The van der Waals surface area contributed by atoms with Crippen LogP contribution in [0.1, 0.15) is 27.2 Å². The van der Waals surface area contributed by atoms with Gasteiger partial charge in [-0.2, -0.15) is 0 Å². The van der Waals surface area contributed by atoms with E-state index in [9.17, 15) is 0 Å². The summed E-state index contributed by atoms with van der Waals surface area (Å²) in [5.41, 5.74) is 10.5. The Morgan fingerprint density at radius 3 is 2.35 bits per heavy atom.